The van der Waals surface area contributed by atoms with E-state index in [1.165, 1.54) is 6.26 Å². The molecule has 2 N–H and O–H groups in total. The zero-order valence-corrected chi connectivity index (χ0v) is 13.4. The van der Waals surface area contributed by atoms with E-state index < -0.39 is 0 Å². The van der Waals surface area contributed by atoms with Gasteiger partial charge in [0.2, 0.25) is 5.95 Å². The Balaban J connectivity index is 1.69. The van der Waals surface area contributed by atoms with E-state index in [-0.39, 0.29) is 23.5 Å². The lowest BCUT2D eigenvalue weighted by Crippen LogP contribution is -2.37. The molecule has 1 aliphatic rings. The number of nitrogen functional groups attached to an aromatic ring is 1. The number of aromatic nitrogens is 2. The molecule has 0 radical (unpaired) electrons. The first-order chi connectivity index (χ1) is 11.5. The van der Waals surface area contributed by atoms with Gasteiger partial charge in [-0.15, -0.1) is 0 Å². The molecular formula is C16H19N5O3. The highest BCUT2D eigenvalue weighted by atomic mass is 16.3. The van der Waals surface area contributed by atoms with E-state index in [1.807, 2.05) is 0 Å². The Morgan fingerprint density at radius 3 is 2.46 bits per heavy atom. The van der Waals surface area contributed by atoms with E-state index in [9.17, 15) is 9.59 Å². The minimum absolute atomic E-state index is 0.0859. The Kier molecular flexibility index (Phi) is 4.45. The molecule has 1 fully saturated rings. The van der Waals surface area contributed by atoms with Crippen LogP contribution in [0.15, 0.2) is 28.9 Å². The Morgan fingerprint density at radius 1 is 1.12 bits per heavy atom. The highest BCUT2D eigenvalue weighted by Crippen LogP contribution is 2.12. The smallest absolute Gasteiger partial charge is 0.289 e. The molecule has 2 amide bonds. The van der Waals surface area contributed by atoms with Crippen LogP contribution in [0.4, 0.5) is 5.95 Å². The van der Waals surface area contributed by atoms with E-state index >= 15 is 0 Å². The lowest BCUT2D eigenvalue weighted by molar-refractivity contribution is 0.0698. The number of aryl methyl sites for hydroxylation is 1. The first kappa shape index (κ1) is 16.0. The molecule has 0 aromatic carbocycles. The molecule has 0 spiro atoms. The van der Waals surface area contributed by atoms with Gasteiger partial charge in [-0.05, 0) is 31.5 Å². The second-order valence-electron chi connectivity index (χ2n) is 5.67. The molecule has 1 saturated heterocycles. The van der Waals surface area contributed by atoms with Crippen LogP contribution in [-0.4, -0.2) is 57.8 Å². The molecule has 0 aliphatic carbocycles. The number of carbonyl (C=O) groups excluding carboxylic acids is 2. The maximum Gasteiger partial charge on any atom is 0.289 e. The normalized spacial score (nSPS) is 15.2. The van der Waals surface area contributed by atoms with Crippen LogP contribution >= 0.6 is 0 Å². The van der Waals surface area contributed by atoms with E-state index in [0.717, 1.165) is 0 Å². The van der Waals surface area contributed by atoms with Crippen molar-refractivity contribution in [1.29, 1.82) is 0 Å². The number of rotatable bonds is 2. The fourth-order valence-electron chi connectivity index (χ4n) is 2.74. The van der Waals surface area contributed by atoms with Gasteiger partial charge in [0.1, 0.15) is 5.69 Å². The molecule has 24 heavy (non-hydrogen) atoms. The lowest BCUT2D eigenvalue weighted by Gasteiger charge is -2.21. The van der Waals surface area contributed by atoms with Crippen LogP contribution in [0.3, 0.4) is 0 Å². The van der Waals surface area contributed by atoms with Gasteiger partial charge in [0, 0.05) is 31.9 Å². The predicted molar refractivity (Wildman–Crippen MR) is 86.3 cm³/mol. The maximum atomic E-state index is 12.6. The van der Waals surface area contributed by atoms with Gasteiger partial charge in [-0.25, -0.2) is 9.97 Å². The van der Waals surface area contributed by atoms with Crippen molar-refractivity contribution in [3.63, 3.8) is 0 Å². The summed E-state index contributed by atoms with van der Waals surface area (Å²) < 4.78 is 5.16. The average molecular weight is 329 g/mol. The van der Waals surface area contributed by atoms with Crippen molar-refractivity contribution in [2.75, 3.05) is 31.9 Å². The standard InChI is InChI=1S/C16H19N5O3/c1-11-10-12(19-16(17)18-11)14(22)20-5-3-6-21(8-7-20)15(23)13-4-2-9-24-13/h2,4,9-10H,3,5-8H2,1H3,(H2,17,18,19). The SMILES string of the molecule is Cc1cc(C(=O)N2CCCN(C(=O)c3ccco3)CC2)nc(N)n1. The molecule has 0 atom stereocenters. The largest absolute Gasteiger partial charge is 0.459 e. The summed E-state index contributed by atoms with van der Waals surface area (Å²) in [6, 6.07) is 4.95. The first-order valence-corrected chi connectivity index (χ1v) is 7.78. The predicted octanol–water partition coefficient (Wildman–Crippen LogP) is 0.949. The third-order valence-corrected chi connectivity index (χ3v) is 3.89. The molecule has 1 aliphatic heterocycles. The van der Waals surface area contributed by atoms with E-state index in [2.05, 4.69) is 9.97 Å². The van der Waals surface area contributed by atoms with Crippen LogP contribution in [-0.2, 0) is 0 Å². The molecule has 0 unspecified atom stereocenters. The van der Waals surface area contributed by atoms with Crippen molar-refractivity contribution >= 4 is 17.8 Å². The van der Waals surface area contributed by atoms with Crippen LogP contribution < -0.4 is 5.73 Å². The number of amides is 2. The fourth-order valence-corrected chi connectivity index (χ4v) is 2.74. The van der Waals surface area contributed by atoms with Gasteiger partial charge in [-0.3, -0.25) is 9.59 Å². The van der Waals surface area contributed by atoms with Gasteiger partial charge in [0.25, 0.3) is 11.8 Å². The highest BCUT2D eigenvalue weighted by Gasteiger charge is 2.25. The van der Waals surface area contributed by atoms with Crippen LogP contribution in [0.1, 0.15) is 33.2 Å². The van der Waals surface area contributed by atoms with Crippen molar-refractivity contribution in [1.82, 2.24) is 19.8 Å². The molecule has 3 rings (SSSR count). The summed E-state index contributed by atoms with van der Waals surface area (Å²) in [5, 5.41) is 0. The fraction of sp³-hybridized carbons (Fsp3) is 0.375. The number of hydrogen-bond acceptors (Lipinski definition) is 6. The van der Waals surface area contributed by atoms with Crippen molar-refractivity contribution in [2.45, 2.75) is 13.3 Å². The topological polar surface area (TPSA) is 106 Å². The highest BCUT2D eigenvalue weighted by molar-refractivity contribution is 5.93. The molecule has 0 saturated carbocycles. The summed E-state index contributed by atoms with van der Waals surface area (Å²) in [6.07, 6.45) is 2.17. The van der Waals surface area contributed by atoms with Gasteiger partial charge in [0.15, 0.2) is 5.76 Å². The Morgan fingerprint density at radius 2 is 1.83 bits per heavy atom. The van der Waals surface area contributed by atoms with Crippen LogP contribution in [0.5, 0.6) is 0 Å². The van der Waals surface area contributed by atoms with Gasteiger partial charge >= 0.3 is 0 Å². The minimum Gasteiger partial charge on any atom is -0.459 e. The Labute approximate surface area is 139 Å². The number of furan rings is 1. The zero-order valence-electron chi connectivity index (χ0n) is 13.4. The summed E-state index contributed by atoms with van der Waals surface area (Å²) in [7, 11) is 0. The summed E-state index contributed by atoms with van der Waals surface area (Å²) in [5.41, 5.74) is 6.55. The van der Waals surface area contributed by atoms with Gasteiger partial charge in [-0.1, -0.05) is 0 Å². The maximum absolute atomic E-state index is 12.6. The second kappa shape index (κ2) is 6.69. The van der Waals surface area contributed by atoms with Crippen molar-refractivity contribution < 1.29 is 14.0 Å². The van der Waals surface area contributed by atoms with Crippen molar-refractivity contribution in [3.05, 3.63) is 41.6 Å². The van der Waals surface area contributed by atoms with E-state index in [1.54, 1.807) is 34.9 Å². The molecule has 2 aromatic rings. The second-order valence-corrected chi connectivity index (χ2v) is 5.67. The number of hydrogen-bond donors (Lipinski definition) is 1. The number of nitrogens with two attached hydrogens (primary N) is 1. The van der Waals surface area contributed by atoms with E-state index in [4.69, 9.17) is 10.2 Å². The summed E-state index contributed by atoms with van der Waals surface area (Å²) in [6.45, 7) is 3.79. The molecule has 8 nitrogen and oxygen atoms in total. The van der Waals surface area contributed by atoms with Crippen LogP contribution in [0, 0.1) is 6.92 Å². The molecule has 3 heterocycles. The molecule has 8 heteroatoms. The number of anilines is 1. The summed E-state index contributed by atoms with van der Waals surface area (Å²) in [5.74, 6) is 0.0488. The van der Waals surface area contributed by atoms with Crippen molar-refractivity contribution in [2.24, 2.45) is 0 Å². The molecule has 126 valence electrons. The average Bonchev–Trinajstić information content (AvgIpc) is 2.97. The first-order valence-electron chi connectivity index (χ1n) is 7.78. The third kappa shape index (κ3) is 3.37. The summed E-state index contributed by atoms with van der Waals surface area (Å²) >= 11 is 0. The zero-order chi connectivity index (χ0) is 17.1. The van der Waals surface area contributed by atoms with Crippen LogP contribution in [0.2, 0.25) is 0 Å². The van der Waals surface area contributed by atoms with Gasteiger partial charge < -0.3 is 20.0 Å². The van der Waals surface area contributed by atoms with Gasteiger partial charge in [-0.2, -0.15) is 0 Å². The van der Waals surface area contributed by atoms with E-state index in [0.29, 0.717) is 44.1 Å². The number of carbonyl (C=O) groups is 2. The molecular weight excluding hydrogens is 310 g/mol. The monoisotopic (exact) mass is 329 g/mol. The Hall–Kier alpha value is -2.90. The van der Waals surface area contributed by atoms with Crippen molar-refractivity contribution in [3.8, 4) is 0 Å². The Bertz CT molecular complexity index is 724. The summed E-state index contributed by atoms with van der Waals surface area (Å²) in [4.78, 5) is 36.3. The third-order valence-electron chi connectivity index (χ3n) is 3.89. The molecule has 0 bridgehead atoms. The van der Waals surface area contributed by atoms with Crippen LogP contribution in [0.25, 0.3) is 0 Å². The van der Waals surface area contributed by atoms with Gasteiger partial charge in [0.05, 0.1) is 6.26 Å². The molecule has 2 aromatic heterocycles. The minimum atomic E-state index is -0.195. The number of nitrogens with zero attached hydrogens (tertiary/aromatic N) is 4. The quantitative estimate of drug-likeness (QED) is 0.879. The lowest BCUT2D eigenvalue weighted by atomic mass is 10.3.